The smallest absolute Gasteiger partial charge is 0.236 e. The van der Waals surface area contributed by atoms with E-state index in [0.717, 1.165) is 33.3 Å². The van der Waals surface area contributed by atoms with Gasteiger partial charge in [-0.2, -0.15) is 0 Å². The number of carbonyl (C=O) groups excluding carboxylic acids is 1. The van der Waals surface area contributed by atoms with E-state index in [0.29, 0.717) is 29.9 Å². The molecule has 0 aliphatic carbocycles. The Kier molecular flexibility index (Phi) is 8.59. The first-order valence-electron chi connectivity index (χ1n) is 12.3. The van der Waals surface area contributed by atoms with Crippen molar-refractivity contribution in [3.05, 3.63) is 106 Å². The van der Waals surface area contributed by atoms with E-state index < -0.39 is 0 Å². The molecule has 1 amide bonds. The molecule has 5 aromatic rings. The van der Waals surface area contributed by atoms with E-state index in [-0.39, 0.29) is 11.7 Å². The summed E-state index contributed by atoms with van der Waals surface area (Å²) in [6, 6.07) is 20.0. The number of carbonyl (C=O) groups is 1. The van der Waals surface area contributed by atoms with Crippen LogP contribution in [0.3, 0.4) is 0 Å². The summed E-state index contributed by atoms with van der Waals surface area (Å²) in [5, 5.41) is 12.5. The second-order valence-electron chi connectivity index (χ2n) is 8.91. The second-order valence-corrected chi connectivity index (χ2v) is 11.0. The first kappa shape index (κ1) is 26.5. The molecule has 0 saturated heterocycles. The fourth-order valence-corrected chi connectivity index (χ4v) is 5.46. The van der Waals surface area contributed by atoms with Crippen LogP contribution in [0.5, 0.6) is 5.75 Å². The van der Waals surface area contributed by atoms with Crippen LogP contribution in [0.4, 0.5) is 5.13 Å². The van der Waals surface area contributed by atoms with E-state index >= 15 is 0 Å². The van der Waals surface area contributed by atoms with Gasteiger partial charge in [-0.1, -0.05) is 59.4 Å². The van der Waals surface area contributed by atoms with Crippen molar-refractivity contribution < 1.29 is 9.53 Å². The number of anilines is 1. The van der Waals surface area contributed by atoms with Crippen LogP contribution in [-0.2, 0) is 24.4 Å². The average molecular weight is 558 g/mol. The zero-order valence-electron chi connectivity index (χ0n) is 21.6. The quantitative estimate of drug-likeness (QED) is 0.177. The van der Waals surface area contributed by atoms with E-state index in [1.54, 1.807) is 10.9 Å². The number of thioether (sulfide) groups is 1. The number of benzene rings is 2. The van der Waals surface area contributed by atoms with Crippen molar-refractivity contribution in [2.45, 2.75) is 38.6 Å². The van der Waals surface area contributed by atoms with Crippen LogP contribution < -0.4 is 10.1 Å². The lowest BCUT2D eigenvalue weighted by Crippen LogP contribution is -2.14. The zero-order chi connectivity index (χ0) is 27.0. The molecule has 9 nitrogen and oxygen atoms in total. The van der Waals surface area contributed by atoms with Gasteiger partial charge in [0.25, 0.3) is 0 Å². The molecule has 3 heterocycles. The predicted octanol–water partition coefficient (Wildman–Crippen LogP) is 5.09. The van der Waals surface area contributed by atoms with Gasteiger partial charge in [0, 0.05) is 28.9 Å². The van der Waals surface area contributed by atoms with Crippen LogP contribution in [0.1, 0.15) is 33.1 Å². The van der Waals surface area contributed by atoms with Crippen LogP contribution in [0.2, 0.25) is 0 Å². The number of nitrogens with zero attached hydrogens (tertiary/aromatic N) is 6. The third-order valence-corrected chi connectivity index (χ3v) is 7.29. The number of aromatic nitrogens is 6. The topological polar surface area (TPSA) is 108 Å². The van der Waals surface area contributed by atoms with Crippen molar-refractivity contribution in [1.29, 1.82) is 0 Å². The maximum absolute atomic E-state index is 12.4. The van der Waals surface area contributed by atoms with E-state index in [1.165, 1.54) is 28.7 Å². The lowest BCUT2D eigenvalue weighted by Gasteiger charge is -2.06. The summed E-state index contributed by atoms with van der Waals surface area (Å²) in [5.74, 6) is 0.838. The Hall–Kier alpha value is -4.09. The Morgan fingerprint density at radius 2 is 1.82 bits per heavy atom. The molecule has 0 unspecified atom stereocenters. The van der Waals surface area contributed by atoms with Crippen LogP contribution in [-0.4, -0.2) is 41.6 Å². The highest BCUT2D eigenvalue weighted by atomic mass is 32.2. The van der Waals surface area contributed by atoms with Crippen LogP contribution in [0.15, 0.2) is 78.2 Å². The number of rotatable bonds is 11. The Balaban J connectivity index is 1.10. The van der Waals surface area contributed by atoms with E-state index in [4.69, 9.17) is 4.74 Å². The van der Waals surface area contributed by atoms with Crippen molar-refractivity contribution in [3.63, 3.8) is 0 Å². The average Bonchev–Trinajstić information content (AvgIpc) is 3.55. The molecule has 0 aliphatic rings. The number of hydrogen-bond donors (Lipinski definition) is 1. The largest absolute Gasteiger partial charge is 0.487 e. The molecule has 0 bridgehead atoms. The molecule has 11 heteroatoms. The fraction of sp³-hybridized carbons (Fsp3) is 0.214. The fourth-order valence-electron chi connectivity index (χ4n) is 3.85. The van der Waals surface area contributed by atoms with Gasteiger partial charge in [0.1, 0.15) is 18.1 Å². The summed E-state index contributed by atoms with van der Waals surface area (Å²) in [5.41, 5.74) is 4.79. The molecule has 198 valence electrons. The lowest BCUT2D eigenvalue weighted by molar-refractivity contribution is -0.113. The molecule has 0 spiro atoms. The van der Waals surface area contributed by atoms with Gasteiger partial charge in [-0.3, -0.25) is 4.79 Å². The highest BCUT2D eigenvalue weighted by Crippen LogP contribution is 2.24. The highest BCUT2D eigenvalue weighted by molar-refractivity contribution is 7.99. The van der Waals surface area contributed by atoms with Crippen molar-refractivity contribution >= 4 is 34.1 Å². The molecular weight excluding hydrogens is 530 g/mol. The van der Waals surface area contributed by atoms with Gasteiger partial charge >= 0.3 is 0 Å². The third-order valence-electron chi connectivity index (χ3n) is 5.53. The summed E-state index contributed by atoms with van der Waals surface area (Å²) < 4.78 is 7.78. The number of nitrogens with one attached hydrogen (secondary N) is 1. The molecule has 0 atom stereocenters. The first-order chi connectivity index (χ1) is 19.0. The Morgan fingerprint density at radius 3 is 2.64 bits per heavy atom. The summed E-state index contributed by atoms with van der Waals surface area (Å²) in [4.78, 5) is 26.5. The first-order valence-corrected chi connectivity index (χ1v) is 14.1. The summed E-state index contributed by atoms with van der Waals surface area (Å²) >= 11 is 2.77. The summed E-state index contributed by atoms with van der Waals surface area (Å²) in [7, 11) is 0. The standard InChI is InChI=1S/C28H27N7O2S2/c1-19-11-20(2)31-28(30-19)38-18-26(36)32-27-29-14-25(39-27)13-22-9-6-10-24(12-22)37-17-23-16-35(34-33-23)15-21-7-4-3-5-8-21/h3-12,14,16H,13,15,17-18H2,1-2H3,(H,29,32,36). The maximum Gasteiger partial charge on any atom is 0.236 e. The van der Waals surface area contributed by atoms with Crippen molar-refractivity contribution in [3.8, 4) is 5.75 Å². The second kappa shape index (κ2) is 12.6. The molecule has 39 heavy (non-hydrogen) atoms. The molecule has 1 N–H and O–H groups in total. The Labute approximate surface area is 234 Å². The maximum atomic E-state index is 12.4. The number of amides is 1. The summed E-state index contributed by atoms with van der Waals surface area (Å²) in [6.45, 7) is 4.83. The van der Waals surface area contributed by atoms with Crippen molar-refractivity contribution in [1.82, 2.24) is 29.9 Å². The normalized spacial score (nSPS) is 10.9. The third kappa shape index (κ3) is 7.95. The van der Waals surface area contributed by atoms with Gasteiger partial charge in [0.15, 0.2) is 10.3 Å². The number of ether oxygens (including phenoxy) is 1. The van der Waals surface area contributed by atoms with Gasteiger partial charge in [-0.05, 0) is 43.2 Å². The molecule has 0 fully saturated rings. The van der Waals surface area contributed by atoms with Crippen LogP contribution >= 0.6 is 23.1 Å². The molecule has 0 aliphatic heterocycles. The Morgan fingerprint density at radius 1 is 1.03 bits per heavy atom. The summed E-state index contributed by atoms with van der Waals surface area (Å²) in [6.07, 6.45) is 4.37. The molecule has 5 rings (SSSR count). The lowest BCUT2D eigenvalue weighted by atomic mass is 10.1. The Bertz CT molecular complexity index is 1530. The van der Waals surface area contributed by atoms with Crippen LogP contribution in [0.25, 0.3) is 0 Å². The number of hydrogen-bond acceptors (Lipinski definition) is 9. The van der Waals surface area contributed by atoms with Gasteiger partial charge in [0.2, 0.25) is 5.91 Å². The van der Waals surface area contributed by atoms with Gasteiger partial charge < -0.3 is 10.1 Å². The predicted molar refractivity (Wildman–Crippen MR) is 152 cm³/mol. The highest BCUT2D eigenvalue weighted by Gasteiger charge is 2.10. The van der Waals surface area contributed by atoms with E-state index in [2.05, 4.69) is 42.7 Å². The van der Waals surface area contributed by atoms with Crippen molar-refractivity contribution in [2.75, 3.05) is 11.1 Å². The monoisotopic (exact) mass is 557 g/mol. The van der Waals surface area contributed by atoms with Crippen molar-refractivity contribution in [2.24, 2.45) is 0 Å². The zero-order valence-corrected chi connectivity index (χ0v) is 23.2. The number of thiazole rings is 1. The van der Waals surface area contributed by atoms with Gasteiger partial charge in [0.05, 0.1) is 18.5 Å². The minimum Gasteiger partial charge on any atom is -0.487 e. The van der Waals surface area contributed by atoms with Gasteiger partial charge in [-0.15, -0.1) is 16.4 Å². The van der Waals surface area contributed by atoms with E-state index in [1.807, 2.05) is 68.6 Å². The van der Waals surface area contributed by atoms with Crippen LogP contribution in [0, 0.1) is 13.8 Å². The van der Waals surface area contributed by atoms with Gasteiger partial charge in [-0.25, -0.2) is 19.6 Å². The SMILES string of the molecule is Cc1cc(C)nc(SCC(=O)Nc2ncc(Cc3cccc(OCc4cn(Cc5ccccc5)nn4)c3)s2)n1. The molecule has 0 saturated carbocycles. The molecular formula is C28H27N7O2S2. The minimum absolute atomic E-state index is 0.139. The number of aryl methyl sites for hydroxylation is 2. The minimum atomic E-state index is -0.139. The molecule has 2 aromatic carbocycles. The molecule has 3 aromatic heterocycles. The van der Waals surface area contributed by atoms with E-state index in [9.17, 15) is 4.79 Å². The molecule has 0 radical (unpaired) electrons.